The van der Waals surface area contributed by atoms with Crippen LogP contribution >= 0.6 is 0 Å². The maximum Gasteiger partial charge on any atom is 0.127 e. The Kier molecular flexibility index (Phi) is 3.70. The summed E-state index contributed by atoms with van der Waals surface area (Å²) in [6.07, 6.45) is 3.76. The molecule has 3 aromatic rings. The van der Waals surface area contributed by atoms with Gasteiger partial charge in [-0.15, -0.1) is 0 Å². The third-order valence-electron chi connectivity index (χ3n) is 5.25. The van der Waals surface area contributed by atoms with E-state index in [-0.39, 0.29) is 0 Å². The third kappa shape index (κ3) is 2.68. The number of nitrogens with one attached hydrogen (secondary N) is 1. The number of fused-ring (bicyclic) bond motifs is 3. The number of H-pyrrole nitrogens is 1. The molecule has 0 aliphatic heterocycles. The van der Waals surface area contributed by atoms with E-state index in [4.69, 9.17) is 0 Å². The van der Waals surface area contributed by atoms with E-state index in [2.05, 4.69) is 72.7 Å². The lowest BCUT2D eigenvalue weighted by molar-refractivity contribution is -0.733. The van der Waals surface area contributed by atoms with E-state index in [1.165, 1.54) is 47.0 Å². The predicted molar refractivity (Wildman–Crippen MR) is 95.5 cm³/mol. The minimum absolute atomic E-state index is 0.486. The van der Waals surface area contributed by atoms with Crippen molar-refractivity contribution < 1.29 is 5.32 Å². The van der Waals surface area contributed by atoms with Gasteiger partial charge in [0.05, 0.1) is 5.69 Å². The molecule has 0 unspecified atom stereocenters. The quantitative estimate of drug-likeness (QED) is 0.728. The van der Waals surface area contributed by atoms with Crippen molar-refractivity contribution in [3.05, 3.63) is 70.9 Å². The molecule has 0 saturated heterocycles. The second kappa shape index (κ2) is 5.86. The fourth-order valence-electron chi connectivity index (χ4n) is 4.02. The Labute approximate surface area is 137 Å². The van der Waals surface area contributed by atoms with Crippen LogP contribution in [0.2, 0.25) is 0 Å². The zero-order valence-electron chi connectivity index (χ0n) is 14.0. The van der Waals surface area contributed by atoms with Gasteiger partial charge in [0, 0.05) is 22.9 Å². The molecule has 118 valence electrons. The van der Waals surface area contributed by atoms with Gasteiger partial charge in [-0.2, -0.15) is 0 Å². The Balaban J connectivity index is 1.66. The molecule has 0 radical (unpaired) electrons. The molecule has 0 spiro atoms. The first-order valence-electron chi connectivity index (χ1n) is 8.73. The normalized spacial score (nSPS) is 18.8. The second-order valence-electron chi connectivity index (χ2n) is 6.96. The van der Waals surface area contributed by atoms with Gasteiger partial charge in [-0.05, 0) is 44.4 Å². The Morgan fingerprint density at radius 2 is 1.96 bits per heavy atom. The number of hydrogen-bond donors (Lipinski definition) is 2. The van der Waals surface area contributed by atoms with Gasteiger partial charge in [0.15, 0.2) is 0 Å². The molecule has 1 heterocycles. The Morgan fingerprint density at radius 3 is 2.78 bits per heavy atom. The van der Waals surface area contributed by atoms with Crippen molar-refractivity contribution in [1.82, 2.24) is 4.98 Å². The topological polar surface area (TPSA) is 32.4 Å². The highest BCUT2D eigenvalue weighted by atomic mass is 15.0. The van der Waals surface area contributed by atoms with Crippen LogP contribution in [0.3, 0.4) is 0 Å². The fourth-order valence-corrected chi connectivity index (χ4v) is 4.02. The molecule has 0 saturated carbocycles. The van der Waals surface area contributed by atoms with Crippen LogP contribution in [0.15, 0.2) is 48.5 Å². The number of aryl methyl sites for hydroxylation is 2. The van der Waals surface area contributed by atoms with Crippen molar-refractivity contribution in [1.29, 1.82) is 0 Å². The molecule has 2 heteroatoms. The van der Waals surface area contributed by atoms with Crippen LogP contribution < -0.4 is 5.32 Å². The van der Waals surface area contributed by atoms with Gasteiger partial charge in [-0.1, -0.05) is 42.0 Å². The first-order valence-corrected chi connectivity index (χ1v) is 8.73. The van der Waals surface area contributed by atoms with Crippen molar-refractivity contribution in [2.75, 3.05) is 0 Å². The highest BCUT2D eigenvalue weighted by Crippen LogP contribution is 2.33. The van der Waals surface area contributed by atoms with Crippen LogP contribution in [0, 0.1) is 6.92 Å². The smallest absolute Gasteiger partial charge is 0.127 e. The summed E-state index contributed by atoms with van der Waals surface area (Å²) in [5, 5.41) is 3.97. The molecule has 23 heavy (non-hydrogen) atoms. The fraction of sp³-hybridized carbons (Fsp3) is 0.333. The highest BCUT2D eigenvalue weighted by Gasteiger charge is 2.28. The largest absolute Gasteiger partial charge is 0.353 e. The van der Waals surface area contributed by atoms with Crippen LogP contribution in [-0.4, -0.2) is 4.98 Å². The van der Waals surface area contributed by atoms with Crippen LogP contribution in [0.5, 0.6) is 0 Å². The van der Waals surface area contributed by atoms with Gasteiger partial charge in [0.1, 0.15) is 12.1 Å². The van der Waals surface area contributed by atoms with Crippen LogP contribution in [-0.2, 0) is 6.42 Å². The maximum absolute atomic E-state index is 3.72. The molecule has 2 aromatic carbocycles. The lowest BCUT2D eigenvalue weighted by Gasteiger charge is -2.24. The summed E-state index contributed by atoms with van der Waals surface area (Å²) >= 11 is 0. The highest BCUT2D eigenvalue weighted by molar-refractivity contribution is 5.85. The average molecular weight is 305 g/mol. The summed E-state index contributed by atoms with van der Waals surface area (Å²) in [5.74, 6) is 0. The minimum atomic E-state index is 0.486. The summed E-state index contributed by atoms with van der Waals surface area (Å²) in [6.45, 7) is 4.50. The Hall–Kier alpha value is -2.06. The number of benzene rings is 2. The van der Waals surface area contributed by atoms with Crippen LogP contribution in [0.25, 0.3) is 10.9 Å². The SMILES string of the molecule is Cc1ccc2[nH]c3c(c2c1)CCC[C@H]3[NH2+][C@@H](C)c1ccccc1. The standard InChI is InChI=1S/C21H24N2/c1-14-11-12-19-18(13-14)17-9-6-10-20(21(17)23-19)22-15(2)16-7-4-3-5-8-16/h3-5,7-8,11-13,15,20,22-23H,6,9-10H2,1-2H3/p+1/t15-,20+/m0/s1. The van der Waals surface area contributed by atoms with E-state index in [1.807, 2.05) is 0 Å². The maximum atomic E-state index is 3.72. The summed E-state index contributed by atoms with van der Waals surface area (Å²) in [6, 6.07) is 18.6. The lowest BCUT2D eigenvalue weighted by atomic mass is 9.90. The van der Waals surface area contributed by atoms with Gasteiger partial charge >= 0.3 is 0 Å². The van der Waals surface area contributed by atoms with Gasteiger partial charge < -0.3 is 10.3 Å². The lowest BCUT2D eigenvalue weighted by Crippen LogP contribution is -2.86. The summed E-state index contributed by atoms with van der Waals surface area (Å²) in [4.78, 5) is 3.72. The zero-order chi connectivity index (χ0) is 15.8. The summed E-state index contributed by atoms with van der Waals surface area (Å²) in [7, 11) is 0. The molecule has 0 amide bonds. The summed E-state index contributed by atoms with van der Waals surface area (Å²) in [5.41, 5.74) is 7.07. The van der Waals surface area contributed by atoms with E-state index in [9.17, 15) is 0 Å². The van der Waals surface area contributed by atoms with E-state index in [1.54, 1.807) is 5.56 Å². The van der Waals surface area contributed by atoms with Crippen molar-refractivity contribution in [2.45, 2.75) is 45.2 Å². The van der Waals surface area contributed by atoms with Gasteiger partial charge in [0.2, 0.25) is 0 Å². The number of rotatable bonds is 3. The molecule has 0 fully saturated rings. The molecule has 3 N–H and O–H groups in total. The number of nitrogens with two attached hydrogens (primary N) is 1. The van der Waals surface area contributed by atoms with Crippen molar-refractivity contribution in [3.63, 3.8) is 0 Å². The second-order valence-corrected chi connectivity index (χ2v) is 6.96. The first kappa shape index (κ1) is 14.5. The third-order valence-corrected chi connectivity index (χ3v) is 5.25. The number of aromatic nitrogens is 1. The van der Waals surface area contributed by atoms with Crippen LogP contribution in [0.1, 0.15) is 54.2 Å². The van der Waals surface area contributed by atoms with Gasteiger partial charge in [0.25, 0.3) is 0 Å². The van der Waals surface area contributed by atoms with Crippen molar-refractivity contribution >= 4 is 10.9 Å². The molecule has 0 bridgehead atoms. The Morgan fingerprint density at radius 1 is 1.13 bits per heavy atom. The molecule has 2 atom stereocenters. The molecule has 4 rings (SSSR count). The first-order chi connectivity index (χ1) is 11.2. The minimum Gasteiger partial charge on any atom is -0.353 e. The van der Waals surface area contributed by atoms with Crippen LogP contribution in [0.4, 0.5) is 0 Å². The number of quaternary nitrogens is 1. The van der Waals surface area contributed by atoms with Gasteiger partial charge in [-0.25, -0.2) is 0 Å². The van der Waals surface area contributed by atoms with Gasteiger partial charge in [-0.3, -0.25) is 0 Å². The van der Waals surface area contributed by atoms with Crippen molar-refractivity contribution in [3.8, 4) is 0 Å². The average Bonchev–Trinajstić information content (AvgIpc) is 2.95. The monoisotopic (exact) mass is 305 g/mol. The van der Waals surface area contributed by atoms with E-state index in [0.717, 1.165) is 0 Å². The molecule has 1 aliphatic carbocycles. The predicted octanol–water partition coefficient (Wildman–Crippen LogP) is 4.18. The number of hydrogen-bond acceptors (Lipinski definition) is 0. The van der Waals surface area contributed by atoms with E-state index >= 15 is 0 Å². The molecular formula is C21H25N2+. The Bertz CT molecular complexity index is 816. The van der Waals surface area contributed by atoms with Crippen molar-refractivity contribution in [2.24, 2.45) is 0 Å². The van der Waals surface area contributed by atoms with E-state index in [0.29, 0.717) is 12.1 Å². The molecular weight excluding hydrogens is 280 g/mol. The molecule has 1 aromatic heterocycles. The summed E-state index contributed by atoms with van der Waals surface area (Å²) < 4.78 is 0. The van der Waals surface area contributed by atoms with E-state index < -0.39 is 0 Å². The molecule has 1 aliphatic rings. The molecule has 2 nitrogen and oxygen atoms in total. The number of aromatic amines is 1. The zero-order valence-corrected chi connectivity index (χ0v) is 14.0.